The van der Waals surface area contributed by atoms with E-state index in [1.54, 1.807) is 13.8 Å². The van der Waals surface area contributed by atoms with Crippen molar-refractivity contribution in [2.24, 2.45) is 5.16 Å². The van der Waals surface area contributed by atoms with E-state index in [0.29, 0.717) is 17.9 Å². The average molecular weight is 555 g/mol. The Morgan fingerprint density at radius 3 is 2.41 bits per heavy atom. The molecule has 3 aliphatic rings. The minimum Gasteiger partial charge on any atom is -0.504 e. The molecule has 1 amide bonds. The van der Waals surface area contributed by atoms with Crippen LogP contribution in [0.15, 0.2) is 28.9 Å². The largest absolute Gasteiger partial charge is 0.504 e. The number of nitrogens with zero attached hydrogens (tertiary/aromatic N) is 1. The van der Waals surface area contributed by atoms with Crippen LogP contribution in [-0.2, 0) is 23.8 Å². The van der Waals surface area contributed by atoms with Gasteiger partial charge in [-0.3, -0.25) is 4.79 Å². The van der Waals surface area contributed by atoms with Gasteiger partial charge in [-0.05, 0) is 44.5 Å². The topological polar surface area (TPSA) is 209 Å². The van der Waals surface area contributed by atoms with Gasteiger partial charge < -0.3 is 59.7 Å². The summed E-state index contributed by atoms with van der Waals surface area (Å²) in [4.78, 5) is 17.7. The van der Waals surface area contributed by atoms with Crippen molar-refractivity contribution in [3.8, 4) is 11.5 Å². The van der Waals surface area contributed by atoms with Crippen LogP contribution in [-0.4, -0.2) is 117 Å². The normalized spacial score (nSPS) is 36.9. The molecule has 14 heteroatoms. The van der Waals surface area contributed by atoms with E-state index in [2.05, 4.69) is 10.5 Å². The number of carbonyl (C=O) groups is 1. The number of carbonyl (C=O) groups excluding carboxylic acids is 1. The second-order valence-corrected chi connectivity index (χ2v) is 9.58. The molecule has 2 heterocycles. The minimum absolute atomic E-state index is 0.0404. The molecule has 1 unspecified atom stereocenters. The Morgan fingerprint density at radius 2 is 1.74 bits per heavy atom. The van der Waals surface area contributed by atoms with Crippen LogP contribution in [0.3, 0.4) is 0 Å². The van der Waals surface area contributed by atoms with Gasteiger partial charge in [-0.2, -0.15) is 0 Å². The van der Waals surface area contributed by atoms with Crippen LogP contribution in [0.1, 0.15) is 26.3 Å². The fraction of sp³-hybridized carbons (Fsp3) is 0.600. The van der Waals surface area contributed by atoms with Crippen molar-refractivity contribution in [3.05, 3.63) is 29.3 Å². The van der Waals surface area contributed by atoms with E-state index in [9.17, 15) is 35.4 Å². The summed E-state index contributed by atoms with van der Waals surface area (Å²) in [5, 5.41) is 68.6. The molecule has 14 nitrogen and oxygen atoms in total. The highest BCUT2D eigenvalue weighted by atomic mass is 16.7. The highest BCUT2D eigenvalue weighted by molar-refractivity contribution is 5.97. The summed E-state index contributed by atoms with van der Waals surface area (Å²) in [5.41, 5.74) is 0.891. The molecule has 0 spiro atoms. The van der Waals surface area contributed by atoms with Crippen LogP contribution in [0.2, 0.25) is 0 Å². The maximum atomic E-state index is 12.8. The van der Waals surface area contributed by atoms with Crippen molar-refractivity contribution in [3.63, 3.8) is 0 Å². The first-order valence-corrected chi connectivity index (χ1v) is 12.5. The molecule has 1 saturated carbocycles. The highest BCUT2D eigenvalue weighted by Crippen LogP contribution is 2.33. The summed E-state index contributed by atoms with van der Waals surface area (Å²) < 4.78 is 21.6. The number of rotatable bonds is 8. The van der Waals surface area contributed by atoms with Crippen molar-refractivity contribution in [2.75, 3.05) is 13.4 Å². The Balaban J connectivity index is 1.40. The molecule has 0 radical (unpaired) electrons. The van der Waals surface area contributed by atoms with E-state index in [0.717, 1.165) is 0 Å². The van der Waals surface area contributed by atoms with Crippen molar-refractivity contribution >= 4 is 17.7 Å². The lowest BCUT2D eigenvalue weighted by Gasteiger charge is -2.41. The number of aliphatic hydroxyl groups is 5. The Hall–Kier alpha value is -2.82. The van der Waals surface area contributed by atoms with Gasteiger partial charge >= 0.3 is 0 Å². The number of nitrogens with one attached hydrogen (secondary N) is 1. The summed E-state index contributed by atoms with van der Waals surface area (Å²) in [6, 6.07) is 3.03. The highest BCUT2D eigenvalue weighted by Gasteiger charge is 2.53. The monoisotopic (exact) mass is 554 g/mol. The first-order valence-electron chi connectivity index (χ1n) is 12.5. The first kappa shape index (κ1) is 29.2. The van der Waals surface area contributed by atoms with E-state index in [1.807, 2.05) is 0 Å². The first-order chi connectivity index (χ1) is 18.5. The van der Waals surface area contributed by atoms with Crippen LogP contribution in [0.25, 0.3) is 6.08 Å². The van der Waals surface area contributed by atoms with Crippen LogP contribution in [0.5, 0.6) is 11.5 Å². The fourth-order valence-electron chi connectivity index (χ4n) is 4.69. The molecule has 1 aromatic carbocycles. The number of ether oxygens (including phenoxy) is 4. The number of fused-ring (bicyclic) bond motifs is 1. The van der Waals surface area contributed by atoms with Gasteiger partial charge in [0.2, 0.25) is 12.2 Å². The van der Waals surface area contributed by atoms with Crippen LogP contribution < -0.4 is 10.1 Å². The van der Waals surface area contributed by atoms with Crippen molar-refractivity contribution in [1.29, 1.82) is 0 Å². The number of phenolic OH excluding ortho intramolecular Hbond substituents is 1. The standard InChI is InChI=1S/C25H34N2O12/c1-4-37-27-11(3)21-19(32)20(33)25(39-21)38-14-6-5-12(8-13(14)28)7-10(2)24(34)26-15-16(29)18(31)23-22(17(15)30)35-9-36-23/h5-8,15-23,25,28-33H,4,9H2,1-3H3,(H,26,34)/b10-7-,27-11-/t15-,16+,17-,18-,19+,20+,21?,22+,23-,25-/m1/s1. The molecular formula is C25H34N2O12. The van der Waals surface area contributed by atoms with Gasteiger partial charge in [-0.15, -0.1) is 0 Å². The Bertz CT molecular complexity index is 1100. The lowest BCUT2D eigenvalue weighted by Crippen LogP contribution is -2.67. The number of amides is 1. The number of aromatic hydroxyl groups is 1. The molecule has 0 bridgehead atoms. The zero-order valence-electron chi connectivity index (χ0n) is 21.6. The van der Waals surface area contributed by atoms with Crippen molar-refractivity contribution in [1.82, 2.24) is 5.32 Å². The second kappa shape index (κ2) is 12.1. The Labute approximate surface area is 224 Å². The predicted octanol–water partition coefficient (Wildman–Crippen LogP) is -1.64. The second-order valence-electron chi connectivity index (χ2n) is 9.58. The van der Waals surface area contributed by atoms with Crippen LogP contribution >= 0.6 is 0 Å². The third kappa shape index (κ3) is 6.02. The molecule has 10 atom stereocenters. The molecule has 1 aliphatic carbocycles. The number of hydrogen-bond acceptors (Lipinski definition) is 13. The van der Waals surface area contributed by atoms with E-state index >= 15 is 0 Å². The maximum absolute atomic E-state index is 12.8. The smallest absolute Gasteiger partial charge is 0.247 e. The number of hydrogen-bond donors (Lipinski definition) is 7. The van der Waals surface area contributed by atoms with Gasteiger partial charge in [0.05, 0.1) is 11.8 Å². The predicted molar refractivity (Wildman–Crippen MR) is 132 cm³/mol. The summed E-state index contributed by atoms with van der Waals surface area (Å²) in [7, 11) is 0. The van der Waals surface area contributed by atoms with Gasteiger partial charge in [0.25, 0.3) is 0 Å². The van der Waals surface area contributed by atoms with E-state index in [4.69, 9.17) is 23.8 Å². The Morgan fingerprint density at radius 1 is 1.05 bits per heavy atom. The SMILES string of the molecule is CCO/N=C(/C)C1O[C@@H](Oc2ccc(/C=C(/C)C(=O)N[C@@H]3[C@H](O)[C@@H](O)[C@H]4OCO[C@H]4[C@@H]3O)cc2O)[C@@H](O)[C@@H]1O. The summed E-state index contributed by atoms with van der Waals surface area (Å²) >= 11 is 0. The lowest BCUT2D eigenvalue weighted by atomic mass is 9.83. The number of phenols is 1. The van der Waals surface area contributed by atoms with E-state index < -0.39 is 67.1 Å². The number of oxime groups is 1. The molecule has 2 saturated heterocycles. The van der Waals surface area contributed by atoms with Gasteiger partial charge in [0.1, 0.15) is 62.2 Å². The molecule has 39 heavy (non-hydrogen) atoms. The minimum atomic E-state index is -1.49. The maximum Gasteiger partial charge on any atom is 0.247 e. The molecule has 1 aromatic rings. The average Bonchev–Trinajstić information content (AvgIpc) is 3.51. The van der Waals surface area contributed by atoms with E-state index in [-0.39, 0.29) is 23.9 Å². The zero-order chi connectivity index (χ0) is 28.4. The van der Waals surface area contributed by atoms with Gasteiger partial charge in [-0.25, -0.2) is 0 Å². The van der Waals surface area contributed by atoms with Crippen molar-refractivity contribution in [2.45, 2.75) is 81.9 Å². The molecule has 4 rings (SSSR count). The number of aliphatic hydroxyl groups excluding tert-OH is 5. The lowest BCUT2D eigenvalue weighted by molar-refractivity contribution is -0.155. The Kier molecular flexibility index (Phi) is 9.08. The molecule has 3 fully saturated rings. The van der Waals surface area contributed by atoms with Crippen LogP contribution in [0, 0.1) is 0 Å². The molecule has 2 aliphatic heterocycles. The van der Waals surface area contributed by atoms with Crippen LogP contribution in [0.4, 0.5) is 0 Å². The van der Waals surface area contributed by atoms with Gasteiger partial charge in [-0.1, -0.05) is 11.2 Å². The quantitative estimate of drug-likeness (QED) is 0.110. The fourth-order valence-corrected chi connectivity index (χ4v) is 4.69. The molecule has 0 aromatic heterocycles. The molecular weight excluding hydrogens is 520 g/mol. The molecule has 7 N–H and O–H groups in total. The third-order valence-corrected chi connectivity index (χ3v) is 6.84. The van der Waals surface area contributed by atoms with Gasteiger partial charge in [0.15, 0.2) is 11.5 Å². The third-order valence-electron chi connectivity index (χ3n) is 6.84. The van der Waals surface area contributed by atoms with Gasteiger partial charge in [0, 0.05) is 5.57 Å². The summed E-state index contributed by atoms with van der Waals surface area (Å²) in [5.74, 6) is -0.994. The van der Waals surface area contributed by atoms with Crippen molar-refractivity contribution < 1.29 is 59.2 Å². The summed E-state index contributed by atoms with van der Waals surface area (Å²) in [6.45, 7) is 4.97. The van der Waals surface area contributed by atoms with E-state index in [1.165, 1.54) is 31.2 Å². The summed E-state index contributed by atoms with van der Waals surface area (Å²) in [6.07, 6.45) is -9.53. The zero-order valence-corrected chi connectivity index (χ0v) is 21.6. The number of benzene rings is 1. The molecule has 216 valence electrons.